The molecule has 1 fully saturated rings. The number of hydrogen-bond donors (Lipinski definition) is 1. The Morgan fingerprint density at radius 2 is 1.54 bits per heavy atom. The molecule has 41 heavy (non-hydrogen) atoms. The van der Waals surface area contributed by atoms with Gasteiger partial charge in [-0.05, 0) is 117 Å². The molecule has 0 amide bonds. The van der Waals surface area contributed by atoms with E-state index in [2.05, 4.69) is 32.8 Å². The molecular weight excluding hydrogens is 535 g/mol. The van der Waals surface area contributed by atoms with E-state index in [1.54, 1.807) is 25.4 Å². The molecule has 1 aliphatic heterocycles. The highest BCUT2D eigenvalue weighted by molar-refractivity contribution is 7.80. The maximum atomic E-state index is 14.2. The van der Waals surface area contributed by atoms with Crippen LogP contribution in [0, 0.1) is 19.7 Å². The summed E-state index contributed by atoms with van der Waals surface area (Å²) in [5.74, 6) is 1.92. The van der Waals surface area contributed by atoms with Crippen molar-refractivity contribution in [1.29, 1.82) is 0 Å². The molecule has 6 nitrogen and oxygen atoms in total. The van der Waals surface area contributed by atoms with E-state index >= 15 is 0 Å². The molecule has 5 aromatic rings. The van der Waals surface area contributed by atoms with Gasteiger partial charge in [0.25, 0.3) is 0 Å². The molecule has 1 N–H and O–H groups in total. The van der Waals surface area contributed by atoms with E-state index in [-0.39, 0.29) is 17.9 Å². The van der Waals surface area contributed by atoms with Crippen molar-refractivity contribution in [2.45, 2.75) is 25.9 Å². The summed E-state index contributed by atoms with van der Waals surface area (Å²) in [4.78, 5) is 6.80. The lowest BCUT2D eigenvalue weighted by Crippen LogP contribution is -2.29. The number of halogens is 1. The van der Waals surface area contributed by atoms with Crippen LogP contribution >= 0.6 is 12.2 Å². The van der Waals surface area contributed by atoms with E-state index in [4.69, 9.17) is 21.7 Å². The van der Waals surface area contributed by atoms with Crippen LogP contribution in [0.1, 0.15) is 34.7 Å². The summed E-state index contributed by atoms with van der Waals surface area (Å²) in [7, 11) is 1.64. The Hall–Kier alpha value is -4.69. The molecule has 0 unspecified atom stereocenters. The molecule has 0 radical (unpaired) electrons. The lowest BCUT2D eigenvalue weighted by Gasteiger charge is -2.28. The van der Waals surface area contributed by atoms with Crippen molar-refractivity contribution in [1.82, 2.24) is 14.9 Å². The second-order valence-corrected chi connectivity index (χ2v) is 10.3. The average Bonchev–Trinajstić information content (AvgIpc) is 3.49. The molecule has 0 bridgehead atoms. The molecule has 0 saturated carbocycles. The van der Waals surface area contributed by atoms with Gasteiger partial charge in [-0.2, -0.15) is 0 Å². The van der Waals surface area contributed by atoms with Gasteiger partial charge in [0.15, 0.2) is 5.11 Å². The summed E-state index contributed by atoms with van der Waals surface area (Å²) < 4.78 is 27.5. The van der Waals surface area contributed by atoms with Crippen LogP contribution in [0.2, 0.25) is 0 Å². The van der Waals surface area contributed by atoms with Crippen LogP contribution in [0.15, 0.2) is 103 Å². The number of hydrogen-bond acceptors (Lipinski definition) is 4. The predicted octanol–water partition coefficient (Wildman–Crippen LogP) is 7.61. The molecule has 6 rings (SSSR count). The first-order chi connectivity index (χ1) is 19.9. The third-order valence-corrected chi connectivity index (χ3v) is 7.68. The minimum Gasteiger partial charge on any atom is -0.497 e. The van der Waals surface area contributed by atoms with Gasteiger partial charge in [0.1, 0.15) is 23.1 Å². The van der Waals surface area contributed by atoms with Crippen LogP contribution in [0.3, 0.4) is 0 Å². The smallest absolute Gasteiger partial charge is 0.174 e. The predicted molar refractivity (Wildman–Crippen MR) is 163 cm³/mol. The number of aromatic nitrogens is 2. The summed E-state index contributed by atoms with van der Waals surface area (Å²) in [5.41, 5.74) is 5.67. The molecule has 0 aliphatic carbocycles. The zero-order chi connectivity index (χ0) is 28.5. The standard InChI is InChI=1S/C33H29FN4O2S/c1-21-19-29(22(2)37(21)25-8-6-7-23(34)20-25)32-31(30-9-4-5-18-35-30)36-33(41)38(32)24-10-12-27(13-11-24)40-28-16-14-26(39-3)15-17-28/h4-20,31-32H,1-3H3,(H,36,41)/t31-,32-/m0/s1. The Kier molecular flexibility index (Phi) is 7.15. The Balaban J connectivity index is 1.39. The number of nitrogens with one attached hydrogen (secondary N) is 1. The van der Waals surface area contributed by atoms with Gasteiger partial charge >= 0.3 is 0 Å². The van der Waals surface area contributed by atoms with Crippen molar-refractivity contribution in [2.75, 3.05) is 12.0 Å². The van der Waals surface area contributed by atoms with Crippen LogP contribution in [-0.4, -0.2) is 21.8 Å². The lowest BCUT2D eigenvalue weighted by molar-refractivity contribution is 0.413. The minimum absolute atomic E-state index is 0.194. The molecule has 2 aromatic heterocycles. The third kappa shape index (κ3) is 5.14. The topological polar surface area (TPSA) is 51.6 Å². The number of nitrogens with zero attached hydrogens (tertiary/aromatic N) is 3. The number of anilines is 1. The van der Waals surface area contributed by atoms with Gasteiger partial charge < -0.3 is 24.3 Å². The Morgan fingerprint density at radius 1 is 0.829 bits per heavy atom. The summed E-state index contributed by atoms with van der Waals surface area (Å²) >= 11 is 5.92. The van der Waals surface area contributed by atoms with Gasteiger partial charge in [0.2, 0.25) is 0 Å². The quantitative estimate of drug-likeness (QED) is 0.205. The normalized spacial score (nSPS) is 16.5. The van der Waals surface area contributed by atoms with Gasteiger partial charge in [-0.1, -0.05) is 12.1 Å². The van der Waals surface area contributed by atoms with Gasteiger partial charge in [-0.15, -0.1) is 0 Å². The Labute approximate surface area is 244 Å². The minimum atomic E-state index is -0.273. The molecule has 2 atom stereocenters. The Morgan fingerprint density at radius 3 is 2.20 bits per heavy atom. The van der Waals surface area contributed by atoms with Crippen molar-refractivity contribution >= 4 is 23.0 Å². The number of pyridine rings is 1. The highest BCUT2D eigenvalue weighted by Crippen LogP contribution is 2.44. The number of thiocarbonyl (C=S) groups is 1. The third-order valence-electron chi connectivity index (χ3n) is 7.36. The fraction of sp³-hybridized carbons (Fsp3) is 0.152. The van der Waals surface area contributed by atoms with E-state index < -0.39 is 0 Å². The van der Waals surface area contributed by atoms with Gasteiger partial charge in [0.05, 0.1) is 24.9 Å². The molecular formula is C33H29FN4O2S. The van der Waals surface area contributed by atoms with Gasteiger partial charge in [-0.3, -0.25) is 4.98 Å². The second-order valence-electron chi connectivity index (χ2n) is 9.91. The summed E-state index contributed by atoms with van der Waals surface area (Å²) in [5, 5.41) is 4.12. The van der Waals surface area contributed by atoms with E-state index in [1.165, 1.54) is 6.07 Å². The number of rotatable bonds is 7. The number of methoxy groups -OCH3 is 1. The Bertz CT molecular complexity index is 1690. The highest BCUT2D eigenvalue weighted by atomic mass is 32.1. The van der Waals surface area contributed by atoms with Crippen molar-refractivity contribution in [2.24, 2.45) is 0 Å². The zero-order valence-corrected chi connectivity index (χ0v) is 23.7. The molecule has 206 valence electrons. The maximum Gasteiger partial charge on any atom is 0.174 e. The molecule has 3 aromatic carbocycles. The first kappa shape index (κ1) is 26.5. The number of aryl methyl sites for hydroxylation is 1. The van der Waals surface area contributed by atoms with E-state index in [9.17, 15) is 4.39 Å². The summed E-state index contributed by atoms with van der Waals surface area (Å²) in [6, 6.07) is 29.7. The second kappa shape index (κ2) is 11.1. The highest BCUT2D eigenvalue weighted by Gasteiger charge is 2.42. The SMILES string of the molecule is COc1ccc(Oc2ccc(N3C(=S)N[C@@H](c4ccccn4)[C@@H]3c3cc(C)n(-c4cccc(F)c4)c3C)cc2)cc1. The van der Waals surface area contributed by atoms with Crippen LogP contribution in [0.4, 0.5) is 10.1 Å². The van der Waals surface area contributed by atoms with Gasteiger partial charge in [0, 0.05) is 29.0 Å². The van der Waals surface area contributed by atoms with Crippen molar-refractivity contribution in [3.63, 3.8) is 0 Å². The molecule has 8 heteroatoms. The van der Waals surface area contributed by atoms with Gasteiger partial charge in [-0.25, -0.2) is 4.39 Å². The molecule has 1 aliphatic rings. The summed E-state index contributed by atoms with van der Waals surface area (Å²) in [6.45, 7) is 4.10. The lowest BCUT2D eigenvalue weighted by atomic mass is 9.96. The summed E-state index contributed by atoms with van der Waals surface area (Å²) in [6.07, 6.45) is 1.79. The fourth-order valence-corrected chi connectivity index (χ4v) is 5.85. The zero-order valence-electron chi connectivity index (χ0n) is 22.9. The number of benzene rings is 3. The monoisotopic (exact) mass is 564 g/mol. The molecule has 1 saturated heterocycles. The maximum absolute atomic E-state index is 14.2. The van der Waals surface area contributed by atoms with E-state index in [0.29, 0.717) is 10.9 Å². The van der Waals surface area contributed by atoms with Crippen molar-refractivity contribution < 1.29 is 13.9 Å². The van der Waals surface area contributed by atoms with Crippen molar-refractivity contribution in [3.05, 3.63) is 132 Å². The van der Waals surface area contributed by atoms with Crippen LogP contribution < -0.4 is 19.7 Å². The largest absolute Gasteiger partial charge is 0.497 e. The molecule has 0 spiro atoms. The van der Waals surface area contributed by atoms with Crippen LogP contribution in [0.25, 0.3) is 5.69 Å². The fourth-order valence-electron chi connectivity index (χ4n) is 5.50. The van der Waals surface area contributed by atoms with E-state index in [0.717, 1.165) is 45.5 Å². The van der Waals surface area contributed by atoms with Crippen LogP contribution in [0.5, 0.6) is 17.2 Å². The first-order valence-corrected chi connectivity index (χ1v) is 13.7. The van der Waals surface area contributed by atoms with Crippen LogP contribution in [-0.2, 0) is 0 Å². The van der Waals surface area contributed by atoms with Crippen molar-refractivity contribution in [3.8, 4) is 22.9 Å². The van der Waals surface area contributed by atoms with E-state index in [1.807, 2.05) is 79.7 Å². The first-order valence-electron chi connectivity index (χ1n) is 13.3. The number of ether oxygens (including phenoxy) is 2. The average molecular weight is 565 g/mol. The molecule has 3 heterocycles.